The lowest BCUT2D eigenvalue weighted by Crippen LogP contribution is -3.13. The maximum absolute atomic E-state index is 10.6. The van der Waals surface area contributed by atoms with Crippen LogP contribution in [0.4, 0.5) is 0 Å². The fourth-order valence-electron chi connectivity index (χ4n) is 3.01. The molecule has 3 rings (SSSR count). The van der Waals surface area contributed by atoms with Gasteiger partial charge in [0.25, 0.3) is 0 Å². The average molecular weight is 388 g/mol. The number of carbonyl (C=O) groups excluding carboxylic acids is 1. The largest absolute Gasteiger partial charge is 0.546 e. The molecular weight excluding hydrogens is 366 g/mol. The van der Waals surface area contributed by atoms with Crippen molar-refractivity contribution in [2.45, 2.75) is 6.54 Å². The van der Waals surface area contributed by atoms with Crippen molar-refractivity contribution < 1.29 is 19.5 Å². The van der Waals surface area contributed by atoms with Gasteiger partial charge in [-0.05, 0) is 18.2 Å². The van der Waals surface area contributed by atoms with Gasteiger partial charge in [-0.1, -0.05) is 41.9 Å². The zero-order valence-electron chi connectivity index (χ0n) is 14.9. The van der Waals surface area contributed by atoms with Crippen LogP contribution in [0, 0.1) is 0 Å². The molecule has 1 N–H and O–H groups in total. The van der Waals surface area contributed by atoms with Crippen molar-refractivity contribution in [3.63, 3.8) is 0 Å². The molecule has 0 aromatic heterocycles. The fraction of sp³-hybridized carbons (Fsp3) is 0.300. The van der Waals surface area contributed by atoms with Gasteiger partial charge in [-0.2, -0.15) is 5.10 Å². The second-order valence-electron chi connectivity index (χ2n) is 6.41. The Labute approximate surface area is 163 Å². The highest BCUT2D eigenvalue weighted by Crippen LogP contribution is 2.16. The number of ether oxygens (including phenoxy) is 1. The number of carboxylic acids is 1. The Bertz CT molecular complexity index is 805. The van der Waals surface area contributed by atoms with Crippen molar-refractivity contribution in [3.8, 4) is 5.75 Å². The molecule has 0 unspecified atom stereocenters. The topological polar surface area (TPSA) is 69.4 Å². The van der Waals surface area contributed by atoms with Crippen molar-refractivity contribution in [2.24, 2.45) is 5.10 Å². The standard InChI is InChI=1S/C20H22ClN3O3/c21-18-7-3-1-6-17(18)14-23-9-11-24(12-10-23)22-13-16-5-2-4-8-19(16)27-15-20(25)26/h1-8,13H,9-12,14-15H2,(H,25,26)/b22-13+. The molecule has 0 amide bonds. The van der Waals surface area contributed by atoms with Gasteiger partial charge in [0.1, 0.15) is 18.9 Å². The number of hydrazone groups is 1. The molecule has 0 aliphatic carbocycles. The zero-order valence-corrected chi connectivity index (χ0v) is 15.7. The first kappa shape index (κ1) is 19.2. The van der Waals surface area contributed by atoms with Crippen LogP contribution in [0.25, 0.3) is 0 Å². The first-order valence-electron chi connectivity index (χ1n) is 8.89. The third kappa shape index (κ3) is 5.70. The molecule has 1 saturated heterocycles. The molecule has 0 atom stereocenters. The number of rotatable bonds is 7. The average Bonchev–Trinajstić information content (AvgIpc) is 2.68. The summed E-state index contributed by atoms with van der Waals surface area (Å²) in [6, 6.07) is 15.2. The third-order valence-electron chi connectivity index (χ3n) is 4.47. The molecule has 142 valence electrons. The van der Waals surface area contributed by atoms with E-state index in [1.165, 1.54) is 10.5 Å². The molecule has 0 radical (unpaired) electrons. The summed E-state index contributed by atoms with van der Waals surface area (Å²) in [5.74, 6) is -0.771. The number of nitrogens with zero attached hydrogens (tertiary/aromatic N) is 2. The van der Waals surface area contributed by atoms with Gasteiger partial charge < -0.3 is 19.5 Å². The van der Waals surface area contributed by atoms with Crippen molar-refractivity contribution in [1.29, 1.82) is 0 Å². The molecule has 0 saturated carbocycles. The molecule has 27 heavy (non-hydrogen) atoms. The van der Waals surface area contributed by atoms with E-state index >= 15 is 0 Å². The Kier molecular flexibility index (Phi) is 6.68. The number of nitrogens with one attached hydrogen (secondary N) is 1. The summed E-state index contributed by atoms with van der Waals surface area (Å²) < 4.78 is 5.24. The number of quaternary nitrogens is 1. The summed E-state index contributed by atoms with van der Waals surface area (Å²) >= 11 is 6.25. The summed E-state index contributed by atoms with van der Waals surface area (Å²) in [6.07, 6.45) is 1.71. The minimum atomic E-state index is -1.25. The third-order valence-corrected chi connectivity index (χ3v) is 4.84. The summed E-state index contributed by atoms with van der Waals surface area (Å²) in [5, 5.41) is 17.9. The molecule has 7 heteroatoms. The van der Waals surface area contributed by atoms with Gasteiger partial charge in [-0.3, -0.25) is 5.01 Å². The van der Waals surface area contributed by atoms with Crippen LogP contribution in [0.2, 0.25) is 5.02 Å². The second-order valence-corrected chi connectivity index (χ2v) is 6.82. The SMILES string of the molecule is O=C([O-])COc1ccccc1/C=N/N1CC[NH+](Cc2ccccc2Cl)CC1. The molecule has 0 bridgehead atoms. The van der Waals surface area contributed by atoms with Crippen LogP contribution in [0.3, 0.4) is 0 Å². The van der Waals surface area contributed by atoms with E-state index in [1.807, 2.05) is 35.3 Å². The van der Waals surface area contributed by atoms with E-state index in [9.17, 15) is 9.90 Å². The lowest BCUT2D eigenvalue weighted by molar-refractivity contribution is -0.918. The first-order valence-corrected chi connectivity index (χ1v) is 9.27. The summed E-state index contributed by atoms with van der Waals surface area (Å²) in [4.78, 5) is 12.1. The monoisotopic (exact) mass is 387 g/mol. The number of para-hydroxylation sites is 1. The Morgan fingerprint density at radius 3 is 2.63 bits per heavy atom. The Hall–Kier alpha value is -2.57. The number of hydrogen-bond acceptors (Lipinski definition) is 5. The lowest BCUT2D eigenvalue weighted by atomic mass is 10.2. The van der Waals surface area contributed by atoms with E-state index in [4.69, 9.17) is 16.3 Å². The van der Waals surface area contributed by atoms with E-state index in [0.29, 0.717) is 5.75 Å². The normalized spacial score (nSPS) is 15.2. The minimum absolute atomic E-state index is 0.477. The van der Waals surface area contributed by atoms with Crippen LogP contribution in [0.15, 0.2) is 53.6 Å². The summed E-state index contributed by atoms with van der Waals surface area (Å²) in [5.41, 5.74) is 1.91. The highest BCUT2D eigenvalue weighted by molar-refractivity contribution is 6.31. The van der Waals surface area contributed by atoms with E-state index < -0.39 is 12.6 Å². The first-order chi connectivity index (χ1) is 13.1. The van der Waals surface area contributed by atoms with Crippen LogP contribution in [0.5, 0.6) is 5.75 Å². The molecule has 1 aliphatic rings. The number of carbonyl (C=O) groups is 1. The van der Waals surface area contributed by atoms with Gasteiger partial charge in [0.2, 0.25) is 0 Å². The van der Waals surface area contributed by atoms with Crippen LogP contribution < -0.4 is 14.7 Å². The van der Waals surface area contributed by atoms with Crippen LogP contribution in [0.1, 0.15) is 11.1 Å². The van der Waals surface area contributed by atoms with E-state index in [0.717, 1.165) is 43.3 Å². The molecule has 6 nitrogen and oxygen atoms in total. The molecule has 1 fully saturated rings. The predicted molar refractivity (Wildman–Crippen MR) is 102 cm³/mol. The maximum atomic E-state index is 10.6. The van der Waals surface area contributed by atoms with Crippen LogP contribution in [-0.4, -0.2) is 50.0 Å². The predicted octanol–water partition coefficient (Wildman–Crippen LogP) is 0.203. The highest BCUT2D eigenvalue weighted by Gasteiger charge is 2.19. The molecular formula is C20H22ClN3O3. The van der Waals surface area contributed by atoms with Gasteiger partial charge >= 0.3 is 0 Å². The van der Waals surface area contributed by atoms with Gasteiger partial charge in [-0.15, -0.1) is 0 Å². The minimum Gasteiger partial charge on any atom is -0.546 e. The van der Waals surface area contributed by atoms with Crippen LogP contribution >= 0.6 is 11.6 Å². The number of piperazine rings is 1. The van der Waals surface area contributed by atoms with Crippen molar-refractivity contribution in [2.75, 3.05) is 32.8 Å². The van der Waals surface area contributed by atoms with E-state index in [-0.39, 0.29) is 0 Å². The Morgan fingerprint density at radius 1 is 1.19 bits per heavy atom. The quantitative estimate of drug-likeness (QED) is 0.689. The number of aliphatic carboxylic acids is 1. The number of benzene rings is 2. The number of halogens is 1. The van der Waals surface area contributed by atoms with Crippen molar-refractivity contribution in [1.82, 2.24) is 5.01 Å². The highest BCUT2D eigenvalue weighted by atomic mass is 35.5. The molecule has 2 aromatic carbocycles. The van der Waals surface area contributed by atoms with Crippen molar-refractivity contribution >= 4 is 23.8 Å². The van der Waals surface area contributed by atoms with E-state index in [2.05, 4.69) is 11.2 Å². The molecule has 0 spiro atoms. The Balaban J connectivity index is 1.53. The van der Waals surface area contributed by atoms with Gasteiger partial charge in [0.05, 0.1) is 38.4 Å². The van der Waals surface area contributed by atoms with Gasteiger partial charge in [-0.25, -0.2) is 0 Å². The van der Waals surface area contributed by atoms with Gasteiger partial charge in [0.15, 0.2) is 0 Å². The van der Waals surface area contributed by atoms with Gasteiger partial charge in [0, 0.05) is 16.1 Å². The van der Waals surface area contributed by atoms with Crippen LogP contribution in [-0.2, 0) is 11.3 Å². The maximum Gasteiger partial charge on any atom is 0.128 e. The smallest absolute Gasteiger partial charge is 0.128 e. The lowest BCUT2D eigenvalue weighted by Gasteiger charge is -2.30. The molecule has 2 aromatic rings. The number of carboxylic acid groups (broad SMARTS) is 1. The summed E-state index contributed by atoms with van der Waals surface area (Å²) in [6.45, 7) is 4.08. The second kappa shape index (κ2) is 9.39. The Morgan fingerprint density at radius 2 is 1.89 bits per heavy atom. The van der Waals surface area contributed by atoms with E-state index in [1.54, 1.807) is 18.3 Å². The fourth-order valence-corrected chi connectivity index (χ4v) is 3.22. The van der Waals surface area contributed by atoms with Crippen molar-refractivity contribution in [3.05, 3.63) is 64.7 Å². The number of hydrogen-bond donors (Lipinski definition) is 1. The zero-order chi connectivity index (χ0) is 19.1. The summed E-state index contributed by atoms with van der Waals surface area (Å²) in [7, 11) is 0. The molecule has 1 heterocycles. The molecule has 1 aliphatic heterocycles.